The van der Waals surface area contributed by atoms with E-state index in [0.717, 1.165) is 31.8 Å². The van der Waals surface area contributed by atoms with Crippen LogP contribution in [0.2, 0.25) is 0 Å². The number of halogens is 1. The lowest BCUT2D eigenvalue weighted by molar-refractivity contribution is -0.0236. The van der Waals surface area contributed by atoms with Gasteiger partial charge in [-0.3, -0.25) is 4.99 Å². The van der Waals surface area contributed by atoms with Gasteiger partial charge >= 0.3 is 0 Å². The van der Waals surface area contributed by atoms with Crippen molar-refractivity contribution in [3.8, 4) is 0 Å². The fraction of sp³-hybridized carbons (Fsp3) is 0.611. The predicted octanol–water partition coefficient (Wildman–Crippen LogP) is 3.27. The second kappa shape index (κ2) is 9.47. The van der Waals surface area contributed by atoms with Crippen LogP contribution in [0.25, 0.3) is 0 Å². The highest BCUT2D eigenvalue weighted by Gasteiger charge is 2.34. The van der Waals surface area contributed by atoms with Gasteiger partial charge in [-0.25, -0.2) is 0 Å². The molecule has 1 fully saturated rings. The van der Waals surface area contributed by atoms with E-state index in [2.05, 4.69) is 60.7 Å². The maximum atomic E-state index is 10.2. The quantitative estimate of drug-likeness (QED) is 0.368. The molecule has 0 radical (unpaired) electrons. The van der Waals surface area contributed by atoms with Crippen LogP contribution >= 0.6 is 24.0 Å². The van der Waals surface area contributed by atoms with Crippen molar-refractivity contribution >= 4 is 29.9 Å². The van der Waals surface area contributed by atoms with Crippen molar-refractivity contribution in [3.05, 3.63) is 35.9 Å². The molecule has 0 bridgehead atoms. The summed E-state index contributed by atoms with van der Waals surface area (Å²) in [6, 6.07) is 10.8. The third-order valence-electron chi connectivity index (χ3n) is 4.60. The van der Waals surface area contributed by atoms with Gasteiger partial charge in [-0.05, 0) is 38.7 Å². The Labute approximate surface area is 157 Å². The summed E-state index contributed by atoms with van der Waals surface area (Å²) in [5.74, 6) is 1.18. The molecule has 4 nitrogen and oxygen atoms in total. The number of nitrogens with zero attached hydrogens (tertiary/aromatic N) is 1. The van der Waals surface area contributed by atoms with Crippen LogP contribution in [-0.4, -0.2) is 35.8 Å². The molecule has 1 aromatic carbocycles. The van der Waals surface area contributed by atoms with E-state index in [0.29, 0.717) is 12.5 Å². The molecule has 2 atom stereocenters. The average Bonchev–Trinajstić information content (AvgIpc) is 2.51. The van der Waals surface area contributed by atoms with E-state index in [4.69, 9.17) is 0 Å². The maximum absolute atomic E-state index is 10.2. The summed E-state index contributed by atoms with van der Waals surface area (Å²) in [6.45, 7) is 7.74. The van der Waals surface area contributed by atoms with Crippen LogP contribution in [0.5, 0.6) is 0 Å². The maximum Gasteiger partial charge on any atom is 0.191 e. The van der Waals surface area contributed by atoms with Crippen LogP contribution in [0.15, 0.2) is 35.3 Å². The van der Waals surface area contributed by atoms with Gasteiger partial charge < -0.3 is 15.7 Å². The molecule has 1 aliphatic carbocycles. The molecule has 0 aromatic heterocycles. The largest absolute Gasteiger partial charge is 0.388 e. The van der Waals surface area contributed by atoms with Gasteiger partial charge in [-0.15, -0.1) is 24.0 Å². The number of aliphatic hydroxyl groups is 1. The summed E-state index contributed by atoms with van der Waals surface area (Å²) in [5, 5.41) is 16.9. The van der Waals surface area contributed by atoms with E-state index in [1.807, 2.05) is 6.07 Å². The summed E-state index contributed by atoms with van der Waals surface area (Å²) in [6.07, 6.45) is 2.84. The zero-order valence-electron chi connectivity index (χ0n) is 14.4. The molecule has 130 valence electrons. The Morgan fingerprint density at radius 1 is 1.26 bits per heavy atom. The van der Waals surface area contributed by atoms with Crippen molar-refractivity contribution in [1.29, 1.82) is 0 Å². The van der Waals surface area contributed by atoms with Crippen molar-refractivity contribution in [1.82, 2.24) is 10.6 Å². The summed E-state index contributed by atoms with van der Waals surface area (Å²) in [7, 11) is 0. The minimum Gasteiger partial charge on any atom is -0.388 e. The summed E-state index contributed by atoms with van der Waals surface area (Å²) in [5.41, 5.74) is 0.743. The number of rotatable bonds is 6. The minimum atomic E-state index is -0.573. The number of hydrogen-bond donors (Lipinski definition) is 3. The number of aliphatic imine (C=N–C) groups is 1. The molecule has 5 heteroatoms. The molecule has 0 spiro atoms. The summed E-state index contributed by atoms with van der Waals surface area (Å²) < 4.78 is 0. The molecular formula is C18H30IN3O. The fourth-order valence-electron chi connectivity index (χ4n) is 2.68. The Kier molecular flexibility index (Phi) is 8.33. The fourth-order valence-corrected chi connectivity index (χ4v) is 2.68. The Morgan fingerprint density at radius 2 is 1.91 bits per heavy atom. The van der Waals surface area contributed by atoms with E-state index >= 15 is 0 Å². The Morgan fingerprint density at radius 3 is 2.43 bits per heavy atom. The molecule has 1 saturated carbocycles. The normalized spacial score (nSPS) is 19.0. The van der Waals surface area contributed by atoms with Crippen LogP contribution in [0.1, 0.15) is 51.5 Å². The molecule has 2 unspecified atom stereocenters. The van der Waals surface area contributed by atoms with Crippen molar-refractivity contribution < 1.29 is 5.11 Å². The zero-order chi connectivity index (χ0) is 16.0. The zero-order valence-corrected chi connectivity index (χ0v) is 16.7. The molecule has 0 heterocycles. The van der Waals surface area contributed by atoms with E-state index in [-0.39, 0.29) is 30.0 Å². The Bertz CT molecular complexity index is 488. The van der Waals surface area contributed by atoms with Crippen LogP contribution in [0, 0.1) is 0 Å². The van der Waals surface area contributed by atoms with Crippen molar-refractivity contribution in [2.75, 3.05) is 13.1 Å². The van der Waals surface area contributed by atoms with Gasteiger partial charge in [0.2, 0.25) is 0 Å². The van der Waals surface area contributed by atoms with Gasteiger partial charge in [-0.1, -0.05) is 37.3 Å². The molecular weight excluding hydrogens is 401 g/mol. The molecule has 2 rings (SSSR count). The van der Waals surface area contributed by atoms with Crippen LogP contribution in [0.3, 0.4) is 0 Å². The number of hydrogen-bond acceptors (Lipinski definition) is 2. The number of nitrogens with one attached hydrogen (secondary N) is 2. The lowest BCUT2D eigenvalue weighted by Crippen LogP contribution is -2.46. The molecule has 0 amide bonds. The molecule has 1 aromatic rings. The first kappa shape index (κ1) is 20.2. The third kappa shape index (κ3) is 5.95. The standard InChI is InChI=1S/C18H29N3O.HI/c1-4-19-17(20-13-18(22)11-8-12-18)21-15(3)14(2)16-9-6-5-7-10-16;/h5-7,9-10,14-15,22H,4,8,11-13H2,1-3H3,(H2,19,20,21);1H. The van der Waals surface area contributed by atoms with Gasteiger partial charge in [0.05, 0.1) is 12.1 Å². The topological polar surface area (TPSA) is 56.7 Å². The second-order valence-corrected chi connectivity index (χ2v) is 6.41. The Balaban J connectivity index is 0.00000264. The van der Waals surface area contributed by atoms with E-state index in [1.54, 1.807) is 0 Å². The van der Waals surface area contributed by atoms with Gasteiger partial charge in [0.15, 0.2) is 5.96 Å². The summed E-state index contributed by atoms with van der Waals surface area (Å²) in [4.78, 5) is 4.57. The van der Waals surface area contributed by atoms with Crippen molar-refractivity contribution in [2.45, 2.75) is 57.6 Å². The van der Waals surface area contributed by atoms with Gasteiger partial charge in [-0.2, -0.15) is 0 Å². The highest BCUT2D eigenvalue weighted by Crippen LogP contribution is 2.31. The van der Waals surface area contributed by atoms with Gasteiger partial charge in [0.1, 0.15) is 0 Å². The molecule has 23 heavy (non-hydrogen) atoms. The SMILES string of the molecule is CCNC(=NCC1(O)CCC1)NC(C)C(C)c1ccccc1.I. The minimum absolute atomic E-state index is 0. The number of benzene rings is 1. The van der Waals surface area contributed by atoms with E-state index in [9.17, 15) is 5.11 Å². The highest BCUT2D eigenvalue weighted by atomic mass is 127. The van der Waals surface area contributed by atoms with Crippen LogP contribution in [0.4, 0.5) is 0 Å². The van der Waals surface area contributed by atoms with Crippen LogP contribution < -0.4 is 10.6 Å². The predicted molar refractivity (Wildman–Crippen MR) is 108 cm³/mol. The average molecular weight is 431 g/mol. The van der Waals surface area contributed by atoms with Crippen molar-refractivity contribution in [3.63, 3.8) is 0 Å². The van der Waals surface area contributed by atoms with Crippen molar-refractivity contribution in [2.24, 2.45) is 4.99 Å². The molecule has 0 saturated heterocycles. The van der Waals surface area contributed by atoms with E-state index in [1.165, 1.54) is 5.56 Å². The monoisotopic (exact) mass is 431 g/mol. The third-order valence-corrected chi connectivity index (χ3v) is 4.60. The van der Waals surface area contributed by atoms with E-state index < -0.39 is 5.60 Å². The summed E-state index contributed by atoms with van der Waals surface area (Å²) >= 11 is 0. The highest BCUT2D eigenvalue weighted by molar-refractivity contribution is 14.0. The first-order valence-corrected chi connectivity index (χ1v) is 8.36. The first-order valence-electron chi connectivity index (χ1n) is 8.36. The van der Waals surface area contributed by atoms with Crippen LogP contribution in [-0.2, 0) is 0 Å². The molecule has 0 aliphatic heterocycles. The van der Waals surface area contributed by atoms with Gasteiger partial charge in [0, 0.05) is 18.5 Å². The Hall–Kier alpha value is -0.820. The molecule has 3 N–H and O–H groups in total. The molecule has 1 aliphatic rings. The van der Waals surface area contributed by atoms with Gasteiger partial charge in [0.25, 0.3) is 0 Å². The lowest BCUT2D eigenvalue weighted by Gasteiger charge is -2.35. The second-order valence-electron chi connectivity index (χ2n) is 6.41. The number of guanidine groups is 1. The lowest BCUT2D eigenvalue weighted by atomic mass is 9.80. The smallest absolute Gasteiger partial charge is 0.191 e. The first-order chi connectivity index (χ1) is 10.5.